The first-order valence-corrected chi connectivity index (χ1v) is 5.19. The van der Waals surface area contributed by atoms with Gasteiger partial charge in [-0.3, -0.25) is 9.69 Å². The number of nitrogens with one attached hydrogen (secondary N) is 1. The zero-order valence-corrected chi connectivity index (χ0v) is 8.51. The Labute approximate surface area is 83.6 Å². The number of carbonyl (C=O) groups excluding carboxylic acids is 2. The lowest BCUT2D eigenvalue weighted by molar-refractivity contribution is -0.126. The average molecular weight is 196 g/mol. The predicted molar refractivity (Wildman–Crippen MR) is 51.7 cm³/mol. The van der Waals surface area contributed by atoms with Crippen molar-refractivity contribution >= 4 is 11.9 Å². The Bertz CT molecular complexity index is 253. The molecule has 2 rings (SSSR count). The van der Waals surface area contributed by atoms with E-state index >= 15 is 0 Å². The fraction of sp³-hybridized carbons (Fsp3) is 0.800. The molecule has 1 N–H and O–H groups in total. The monoisotopic (exact) mass is 196 g/mol. The van der Waals surface area contributed by atoms with Crippen molar-refractivity contribution in [1.29, 1.82) is 0 Å². The minimum absolute atomic E-state index is 0.0804. The van der Waals surface area contributed by atoms with Gasteiger partial charge in [0.15, 0.2) is 0 Å². The van der Waals surface area contributed by atoms with Crippen LogP contribution in [0.3, 0.4) is 0 Å². The van der Waals surface area contributed by atoms with Gasteiger partial charge in [0.1, 0.15) is 0 Å². The van der Waals surface area contributed by atoms with Gasteiger partial charge in [-0.1, -0.05) is 19.8 Å². The van der Waals surface area contributed by atoms with Gasteiger partial charge in [-0.05, 0) is 18.3 Å². The Balaban J connectivity index is 2.02. The maximum Gasteiger partial charge on any atom is 0.324 e. The lowest BCUT2D eigenvalue weighted by atomic mass is 9.88. The van der Waals surface area contributed by atoms with E-state index in [0.29, 0.717) is 6.54 Å². The molecular weight excluding hydrogens is 180 g/mol. The molecule has 0 aromatic heterocycles. The van der Waals surface area contributed by atoms with E-state index in [1.54, 1.807) is 0 Å². The molecule has 78 valence electrons. The van der Waals surface area contributed by atoms with Crippen LogP contribution in [-0.4, -0.2) is 29.9 Å². The van der Waals surface area contributed by atoms with Gasteiger partial charge in [0.25, 0.3) is 0 Å². The normalized spacial score (nSPS) is 25.6. The summed E-state index contributed by atoms with van der Waals surface area (Å²) in [5, 5.41) is 2.55. The topological polar surface area (TPSA) is 49.4 Å². The summed E-state index contributed by atoms with van der Waals surface area (Å²) < 4.78 is 0. The van der Waals surface area contributed by atoms with Crippen LogP contribution >= 0.6 is 0 Å². The van der Waals surface area contributed by atoms with Gasteiger partial charge in [0.05, 0.1) is 6.54 Å². The molecule has 1 saturated carbocycles. The molecule has 4 nitrogen and oxygen atoms in total. The summed E-state index contributed by atoms with van der Waals surface area (Å²) in [6.07, 6.45) is 4.70. The minimum atomic E-state index is -0.219. The molecule has 2 fully saturated rings. The predicted octanol–water partition coefficient (Wildman–Crippen LogP) is 1.12. The van der Waals surface area contributed by atoms with Crippen LogP contribution in [0.15, 0.2) is 0 Å². The highest BCUT2D eigenvalue weighted by molar-refractivity contribution is 6.01. The number of nitrogens with zero attached hydrogens (tertiary/aromatic N) is 1. The summed E-state index contributed by atoms with van der Waals surface area (Å²) >= 11 is 0. The Hall–Kier alpha value is -1.06. The fourth-order valence-electron chi connectivity index (χ4n) is 2.38. The molecule has 1 heterocycles. The first-order valence-electron chi connectivity index (χ1n) is 5.19. The summed E-state index contributed by atoms with van der Waals surface area (Å²) in [5.41, 5.74) is 0.164. The SMILES string of the molecule is CC1(CN2C(=O)CNC2=O)CCCC1. The number of carbonyl (C=O) groups is 2. The van der Waals surface area contributed by atoms with Crippen molar-refractivity contribution in [2.45, 2.75) is 32.6 Å². The van der Waals surface area contributed by atoms with Gasteiger partial charge in [-0.25, -0.2) is 4.79 Å². The molecule has 0 bridgehead atoms. The summed E-state index contributed by atoms with van der Waals surface area (Å²) in [6.45, 7) is 2.94. The van der Waals surface area contributed by atoms with E-state index in [4.69, 9.17) is 0 Å². The molecule has 3 amide bonds. The number of imide groups is 1. The van der Waals surface area contributed by atoms with Gasteiger partial charge in [0.2, 0.25) is 5.91 Å². The van der Waals surface area contributed by atoms with Crippen LogP contribution in [0.25, 0.3) is 0 Å². The summed E-state index contributed by atoms with van der Waals surface area (Å²) in [4.78, 5) is 24.0. The molecule has 2 aliphatic rings. The van der Waals surface area contributed by atoms with Crippen LogP contribution in [0.2, 0.25) is 0 Å². The van der Waals surface area contributed by atoms with Crippen molar-refractivity contribution in [3.05, 3.63) is 0 Å². The molecule has 4 heteroatoms. The largest absolute Gasteiger partial charge is 0.329 e. The van der Waals surface area contributed by atoms with E-state index < -0.39 is 0 Å². The molecule has 1 aliphatic heterocycles. The van der Waals surface area contributed by atoms with Crippen molar-refractivity contribution in [2.24, 2.45) is 5.41 Å². The van der Waals surface area contributed by atoms with Crippen molar-refractivity contribution < 1.29 is 9.59 Å². The van der Waals surface area contributed by atoms with Crippen LogP contribution in [-0.2, 0) is 4.79 Å². The quantitative estimate of drug-likeness (QED) is 0.673. The number of rotatable bonds is 2. The molecule has 0 radical (unpaired) electrons. The van der Waals surface area contributed by atoms with Gasteiger partial charge in [-0.15, -0.1) is 0 Å². The second-order valence-electron chi connectivity index (χ2n) is 4.66. The van der Waals surface area contributed by atoms with Crippen molar-refractivity contribution in [2.75, 3.05) is 13.1 Å². The number of hydrogen-bond donors (Lipinski definition) is 1. The molecular formula is C10H16N2O2. The first-order chi connectivity index (χ1) is 6.61. The highest BCUT2D eigenvalue weighted by Crippen LogP contribution is 2.38. The fourth-order valence-corrected chi connectivity index (χ4v) is 2.38. The Morgan fingerprint density at radius 3 is 2.50 bits per heavy atom. The minimum Gasteiger partial charge on any atom is -0.329 e. The molecule has 1 aliphatic carbocycles. The smallest absolute Gasteiger partial charge is 0.324 e. The van der Waals surface area contributed by atoms with Gasteiger partial charge in [-0.2, -0.15) is 0 Å². The molecule has 0 aromatic rings. The zero-order chi connectivity index (χ0) is 10.2. The van der Waals surface area contributed by atoms with Gasteiger partial charge < -0.3 is 5.32 Å². The highest BCUT2D eigenvalue weighted by Gasteiger charge is 2.37. The second-order valence-corrected chi connectivity index (χ2v) is 4.66. The molecule has 0 aromatic carbocycles. The summed E-state index contributed by atoms with van der Waals surface area (Å²) in [7, 11) is 0. The van der Waals surface area contributed by atoms with Crippen LogP contribution < -0.4 is 5.32 Å². The maximum absolute atomic E-state index is 11.4. The van der Waals surface area contributed by atoms with Crippen LogP contribution in [0.4, 0.5) is 4.79 Å². The van der Waals surface area contributed by atoms with E-state index in [9.17, 15) is 9.59 Å². The Kier molecular flexibility index (Phi) is 2.21. The third-order valence-corrected chi connectivity index (χ3v) is 3.29. The first kappa shape index (κ1) is 9.49. The van der Waals surface area contributed by atoms with Crippen LogP contribution in [0.5, 0.6) is 0 Å². The maximum atomic E-state index is 11.4. The highest BCUT2D eigenvalue weighted by atomic mass is 16.2. The molecule has 0 unspecified atom stereocenters. The zero-order valence-electron chi connectivity index (χ0n) is 8.51. The third kappa shape index (κ3) is 1.61. The Morgan fingerprint density at radius 1 is 1.36 bits per heavy atom. The van der Waals surface area contributed by atoms with Crippen LogP contribution in [0.1, 0.15) is 32.6 Å². The van der Waals surface area contributed by atoms with E-state index in [1.165, 1.54) is 17.7 Å². The van der Waals surface area contributed by atoms with Crippen LogP contribution in [0, 0.1) is 5.41 Å². The standard InChI is InChI=1S/C10H16N2O2/c1-10(4-2-3-5-10)7-12-8(13)6-11-9(12)14/h2-7H2,1H3,(H,11,14). The number of hydrogen-bond acceptors (Lipinski definition) is 2. The third-order valence-electron chi connectivity index (χ3n) is 3.29. The Morgan fingerprint density at radius 2 is 2.00 bits per heavy atom. The molecule has 0 spiro atoms. The lowest BCUT2D eigenvalue weighted by Gasteiger charge is -2.27. The second kappa shape index (κ2) is 3.26. The number of urea groups is 1. The molecule has 0 atom stereocenters. The average Bonchev–Trinajstić information content (AvgIpc) is 2.68. The van der Waals surface area contributed by atoms with Crippen molar-refractivity contribution in [3.8, 4) is 0 Å². The molecule has 1 saturated heterocycles. The van der Waals surface area contributed by atoms with E-state index in [-0.39, 0.29) is 23.9 Å². The van der Waals surface area contributed by atoms with E-state index in [1.807, 2.05) is 0 Å². The van der Waals surface area contributed by atoms with Gasteiger partial charge >= 0.3 is 6.03 Å². The summed E-state index contributed by atoms with van der Waals surface area (Å²) in [6, 6.07) is -0.219. The lowest BCUT2D eigenvalue weighted by Crippen LogP contribution is -2.39. The number of amides is 3. The van der Waals surface area contributed by atoms with E-state index in [0.717, 1.165) is 12.8 Å². The van der Waals surface area contributed by atoms with Crippen molar-refractivity contribution in [1.82, 2.24) is 10.2 Å². The van der Waals surface area contributed by atoms with Crippen molar-refractivity contribution in [3.63, 3.8) is 0 Å². The molecule has 14 heavy (non-hydrogen) atoms. The summed E-state index contributed by atoms with van der Waals surface area (Å²) in [5.74, 6) is -0.0804. The van der Waals surface area contributed by atoms with E-state index in [2.05, 4.69) is 12.2 Å². The van der Waals surface area contributed by atoms with Gasteiger partial charge in [0, 0.05) is 6.54 Å².